The maximum absolute atomic E-state index is 12.1. The second kappa shape index (κ2) is 7.38. The lowest BCUT2D eigenvalue weighted by molar-refractivity contribution is -0.121. The van der Waals surface area contributed by atoms with Crippen molar-refractivity contribution in [2.75, 3.05) is 39.6 Å². The SMILES string of the molecule is COCCNC(=O)CN(C)C(=O)c1ccccc1N. The number of hydrogen-bond donors (Lipinski definition) is 2. The molecular formula is C13H19N3O3. The molecule has 0 unspecified atom stereocenters. The first-order valence-corrected chi connectivity index (χ1v) is 5.92. The third-order valence-electron chi connectivity index (χ3n) is 2.55. The smallest absolute Gasteiger partial charge is 0.256 e. The Morgan fingerprint density at radius 3 is 2.68 bits per heavy atom. The van der Waals surface area contributed by atoms with Crippen LogP contribution in [0.15, 0.2) is 24.3 Å². The van der Waals surface area contributed by atoms with Gasteiger partial charge in [0.1, 0.15) is 0 Å². The third kappa shape index (κ3) is 4.59. The zero-order valence-corrected chi connectivity index (χ0v) is 11.2. The van der Waals surface area contributed by atoms with Gasteiger partial charge in [0.25, 0.3) is 5.91 Å². The predicted molar refractivity (Wildman–Crippen MR) is 72.7 cm³/mol. The van der Waals surface area contributed by atoms with E-state index in [-0.39, 0.29) is 18.4 Å². The van der Waals surface area contributed by atoms with Crippen molar-refractivity contribution < 1.29 is 14.3 Å². The topological polar surface area (TPSA) is 84.7 Å². The molecule has 0 aliphatic carbocycles. The maximum Gasteiger partial charge on any atom is 0.256 e. The van der Waals surface area contributed by atoms with E-state index in [0.29, 0.717) is 24.4 Å². The van der Waals surface area contributed by atoms with Gasteiger partial charge in [-0.2, -0.15) is 0 Å². The highest BCUT2D eigenvalue weighted by molar-refractivity contribution is 6.00. The molecule has 0 bridgehead atoms. The molecule has 1 aromatic rings. The van der Waals surface area contributed by atoms with Gasteiger partial charge >= 0.3 is 0 Å². The first-order chi connectivity index (χ1) is 9.06. The first kappa shape index (κ1) is 15.0. The number of nitrogens with one attached hydrogen (secondary N) is 1. The summed E-state index contributed by atoms with van der Waals surface area (Å²) in [6, 6.07) is 6.77. The first-order valence-electron chi connectivity index (χ1n) is 5.92. The highest BCUT2D eigenvalue weighted by atomic mass is 16.5. The second-order valence-electron chi connectivity index (χ2n) is 4.09. The highest BCUT2D eigenvalue weighted by Crippen LogP contribution is 2.12. The molecule has 1 aromatic carbocycles. The Bertz CT molecular complexity index is 449. The minimum atomic E-state index is -0.278. The van der Waals surface area contributed by atoms with Gasteiger partial charge in [0.2, 0.25) is 5.91 Å². The van der Waals surface area contributed by atoms with Gasteiger partial charge in [-0.05, 0) is 12.1 Å². The van der Waals surface area contributed by atoms with Crippen molar-refractivity contribution in [2.45, 2.75) is 0 Å². The molecule has 0 atom stereocenters. The maximum atomic E-state index is 12.1. The summed E-state index contributed by atoms with van der Waals surface area (Å²) in [6.07, 6.45) is 0. The van der Waals surface area contributed by atoms with E-state index in [1.54, 1.807) is 38.4 Å². The molecule has 0 saturated heterocycles. The number of methoxy groups -OCH3 is 1. The minimum Gasteiger partial charge on any atom is -0.398 e. The highest BCUT2D eigenvalue weighted by Gasteiger charge is 2.16. The molecule has 0 spiro atoms. The van der Waals surface area contributed by atoms with Crippen LogP contribution >= 0.6 is 0 Å². The number of nitrogens with two attached hydrogens (primary N) is 1. The fourth-order valence-corrected chi connectivity index (χ4v) is 1.53. The Balaban J connectivity index is 2.54. The van der Waals surface area contributed by atoms with Gasteiger partial charge in [-0.1, -0.05) is 12.1 Å². The number of anilines is 1. The van der Waals surface area contributed by atoms with Gasteiger partial charge in [-0.3, -0.25) is 9.59 Å². The summed E-state index contributed by atoms with van der Waals surface area (Å²) in [5.41, 5.74) is 6.52. The van der Waals surface area contributed by atoms with E-state index in [1.165, 1.54) is 4.90 Å². The van der Waals surface area contributed by atoms with Crippen molar-refractivity contribution in [3.8, 4) is 0 Å². The average Bonchev–Trinajstić information content (AvgIpc) is 2.38. The number of nitrogens with zero attached hydrogens (tertiary/aromatic N) is 1. The fraction of sp³-hybridized carbons (Fsp3) is 0.385. The Hall–Kier alpha value is -2.08. The average molecular weight is 265 g/mol. The normalized spacial score (nSPS) is 10.0. The van der Waals surface area contributed by atoms with E-state index < -0.39 is 0 Å². The standard InChI is InChI=1S/C13H19N3O3/c1-16(9-12(17)15-7-8-19-2)13(18)10-5-3-4-6-11(10)14/h3-6H,7-9,14H2,1-2H3,(H,15,17). The van der Waals surface area contributed by atoms with E-state index in [9.17, 15) is 9.59 Å². The molecule has 0 fully saturated rings. The van der Waals surface area contributed by atoms with E-state index in [0.717, 1.165) is 0 Å². The number of hydrogen-bond acceptors (Lipinski definition) is 4. The zero-order chi connectivity index (χ0) is 14.3. The quantitative estimate of drug-likeness (QED) is 0.564. The number of para-hydroxylation sites is 1. The predicted octanol–water partition coefficient (Wildman–Crippen LogP) is 0.103. The minimum absolute atomic E-state index is 0.0170. The van der Waals surface area contributed by atoms with Gasteiger partial charge in [0, 0.05) is 26.4 Å². The van der Waals surface area contributed by atoms with Gasteiger partial charge in [-0.25, -0.2) is 0 Å². The fourth-order valence-electron chi connectivity index (χ4n) is 1.53. The molecule has 104 valence electrons. The molecule has 2 amide bonds. The number of likely N-dealkylation sites (N-methyl/N-ethyl adjacent to an activating group) is 1. The van der Waals surface area contributed by atoms with Crippen LogP contribution in [0.1, 0.15) is 10.4 Å². The van der Waals surface area contributed by atoms with Gasteiger partial charge in [0.15, 0.2) is 0 Å². The molecule has 0 radical (unpaired) electrons. The second-order valence-corrected chi connectivity index (χ2v) is 4.09. The van der Waals surface area contributed by atoms with Gasteiger partial charge < -0.3 is 20.7 Å². The van der Waals surface area contributed by atoms with Crippen LogP contribution in [0.4, 0.5) is 5.69 Å². The van der Waals surface area contributed by atoms with Crippen LogP contribution in [-0.2, 0) is 9.53 Å². The van der Waals surface area contributed by atoms with Crippen LogP contribution in [0.25, 0.3) is 0 Å². The van der Waals surface area contributed by atoms with Crippen molar-refractivity contribution in [1.82, 2.24) is 10.2 Å². The van der Waals surface area contributed by atoms with Crippen LogP contribution in [-0.4, -0.2) is 50.6 Å². The summed E-state index contributed by atoms with van der Waals surface area (Å²) >= 11 is 0. The molecular weight excluding hydrogens is 246 g/mol. The van der Waals surface area contributed by atoms with Crippen LogP contribution in [0.2, 0.25) is 0 Å². The van der Waals surface area contributed by atoms with Crippen LogP contribution in [0.5, 0.6) is 0 Å². The van der Waals surface area contributed by atoms with Crippen molar-refractivity contribution in [3.63, 3.8) is 0 Å². The molecule has 0 heterocycles. The molecule has 19 heavy (non-hydrogen) atoms. The summed E-state index contributed by atoms with van der Waals surface area (Å²) in [5, 5.41) is 2.65. The van der Waals surface area contributed by atoms with Gasteiger partial charge in [-0.15, -0.1) is 0 Å². The monoisotopic (exact) mass is 265 g/mol. The number of amides is 2. The number of nitrogen functional groups attached to an aromatic ring is 1. The third-order valence-corrected chi connectivity index (χ3v) is 2.55. The number of rotatable bonds is 6. The lowest BCUT2D eigenvalue weighted by atomic mass is 10.1. The summed E-state index contributed by atoms with van der Waals surface area (Å²) in [4.78, 5) is 25.0. The summed E-state index contributed by atoms with van der Waals surface area (Å²) < 4.78 is 4.82. The number of carbonyl (C=O) groups is 2. The lowest BCUT2D eigenvalue weighted by Gasteiger charge is -2.17. The molecule has 0 aliphatic rings. The molecule has 1 rings (SSSR count). The summed E-state index contributed by atoms with van der Waals surface area (Å²) in [6.45, 7) is 0.844. The van der Waals surface area contributed by atoms with Crippen molar-refractivity contribution in [2.24, 2.45) is 0 Å². The van der Waals surface area contributed by atoms with Crippen molar-refractivity contribution in [1.29, 1.82) is 0 Å². The van der Waals surface area contributed by atoms with Crippen LogP contribution in [0.3, 0.4) is 0 Å². The number of benzene rings is 1. The Kier molecular flexibility index (Phi) is 5.81. The van der Waals surface area contributed by atoms with E-state index in [1.807, 2.05) is 0 Å². The summed E-state index contributed by atoms with van der Waals surface area (Å²) in [7, 11) is 3.12. The molecule has 0 aromatic heterocycles. The molecule has 6 nitrogen and oxygen atoms in total. The van der Waals surface area contributed by atoms with E-state index in [4.69, 9.17) is 10.5 Å². The van der Waals surface area contributed by atoms with E-state index in [2.05, 4.69) is 5.32 Å². The van der Waals surface area contributed by atoms with Gasteiger partial charge in [0.05, 0.1) is 18.7 Å². The lowest BCUT2D eigenvalue weighted by Crippen LogP contribution is -2.39. The zero-order valence-electron chi connectivity index (χ0n) is 11.2. The van der Waals surface area contributed by atoms with E-state index >= 15 is 0 Å². The molecule has 3 N–H and O–H groups in total. The van der Waals surface area contributed by atoms with Crippen LogP contribution in [0, 0.1) is 0 Å². The molecule has 6 heteroatoms. The molecule has 0 aliphatic heterocycles. The Morgan fingerprint density at radius 2 is 2.05 bits per heavy atom. The Morgan fingerprint density at radius 1 is 1.37 bits per heavy atom. The van der Waals surface area contributed by atoms with Crippen molar-refractivity contribution in [3.05, 3.63) is 29.8 Å². The van der Waals surface area contributed by atoms with Crippen molar-refractivity contribution >= 4 is 17.5 Å². The largest absolute Gasteiger partial charge is 0.398 e. The summed E-state index contributed by atoms with van der Waals surface area (Å²) in [5.74, 6) is -0.512. The number of carbonyl (C=O) groups excluding carboxylic acids is 2. The van der Waals surface area contributed by atoms with Crippen LogP contribution < -0.4 is 11.1 Å². The number of ether oxygens (including phenoxy) is 1. The Labute approximate surface area is 112 Å². The molecule has 0 saturated carbocycles.